The average Bonchev–Trinajstić information content (AvgIpc) is 2.61. The number of hydrogen-bond acceptors (Lipinski definition) is 2. The van der Waals surface area contributed by atoms with Crippen molar-refractivity contribution < 1.29 is 9.53 Å². The van der Waals surface area contributed by atoms with Gasteiger partial charge in [0, 0.05) is 0 Å². The Labute approximate surface area is 162 Å². The van der Waals surface area contributed by atoms with E-state index < -0.39 is 5.60 Å². The van der Waals surface area contributed by atoms with Gasteiger partial charge in [-0.15, -0.1) is 0 Å². The van der Waals surface area contributed by atoms with Crippen LogP contribution in [0.4, 0.5) is 0 Å². The van der Waals surface area contributed by atoms with Gasteiger partial charge in [-0.2, -0.15) is 13.5 Å². The molecule has 0 aliphatic carbocycles. The van der Waals surface area contributed by atoms with Crippen molar-refractivity contribution in [3.05, 3.63) is 84.4 Å². The highest BCUT2D eigenvalue weighted by molar-refractivity contribution is 7.59. The van der Waals surface area contributed by atoms with Crippen LogP contribution < -0.4 is 0 Å². The lowest BCUT2D eigenvalue weighted by Gasteiger charge is -2.19. The normalized spacial score (nSPS) is 10.7. The molecule has 134 valence electrons. The quantitative estimate of drug-likeness (QED) is 0.526. The zero-order valence-electron chi connectivity index (χ0n) is 15.3. The summed E-state index contributed by atoms with van der Waals surface area (Å²) in [7, 11) is 0. The highest BCUT2D eigenvalue weighted by Crippen LogP contribution is 2.32. The van der Waals surface area contributed by atoms with Gasteiger partial charge in [-0.3, -0.25) is 0 Å². The van der Waals surface area contributed by atoms with Crippen LogP contribution >= 0.6 is 13.5 Å². The van der Waals surface area contributed by atoms with Gasteiger partial charge in [0.15, 0.2) is 0 Å². The second kappa shape index (κ2) is 8.24. The monoisotopic (exact) mass is 364 g/mol. The molecule has 0 unspecified atom stereocenters. The van der Waals surface area contributed by atoms with Crippen LogP contribution in [-0.4, -0.2) is 11.6 Å². The highest BCUT2D eigenvalue weighted by atomic mass is 32.1. The Morgan fingerprint density at radius 1 is 0.692 bits per heavy atom. The Morgan fingerprint density at radius 2 is 1.15 bits per heavy atom. The molecule has 0 saturated carbocycles. The molecule has 0 atom stereocenters. The van der Waals surface area contributed by atoms with Gasteiger partial charge in [0.2, 0.25) is 0 Å². The number of benzene rings is 3. The van der Waals surface area contributed by atoms with Crippen molar-refractivity contribution in [1.29, 1.82) is 0 Å². The first-order valence-electron chi connectivity index (χ1n) is 8.42. The van der Waals surface area contributed by atoms with E-state index in [0.29, 0.717) is 5.56 Å². The second-order valence-electron chi connectivity index (χ2n) is 6.99. The van der Waals surface area contributed by atoms with Crippen molar-refractivity contribution in [2.24, 2.45) is 0 Å². The molecule has 0 spiro atoms. The van der Waals surface area contributed by atoms with Crippen LogP contribution in [0.5, 0.6) is 0 Å². The summed E-state index contributed by atoms with van der Waals surface area (Å²) in [6.45, 7) is 5.61. The van der Waals surface area contributed by atoms with Crippen molar-refractivity contribution >= 4 is 19.5 Å². The summed E-state index contributed by atoms with van der Waals surface area (Å²) >= 11 is 0. The van der Waals surface area contributed by atoms with Crippen LogP contribution in [0.1, 0.15) is 31.1 Å². The third-order valence-corrected chi connectivity index (χ3v) is 3.84. The van der Waals surface area contributed by atoms with Crippen LogP contribution in [-0.2, 0) is 4.74 Å². The molecule has 0 heterocycles. The molecule has 26 heavy (non-hydrogen) atoms. The molecule has 0 fully saturated rings. The van der Waals surface area contributed by atoms with Gasteiger partial charge in [0.25, 0.3) is 0 Å². The topological polar surface area (TPSA) is 26.3 Å². The van der Waals surface area contributed by atoms with E-state index in [4.69, 9.17) is 4.74 Å². The highest BCUT2D eigenvalue weighted by Gasteiger charge is 2.18. The molecule has 3 aromatic rings. The molecule has 3 rings (SSSR count). The first-order chi connectivity index (χ1) is 11.9. The average molecular weight is 365 g/mol. The van der Waals surface area contributed by atoms with Gasteiger partial charge >= 0.3 is 5.97 Å². The van der Waals surface area contributed by atoms with E-state index in [2.05, 4.69) is 24.3 Å². The lowest BCUT2D eigenvalue weighted by atomic mass is 9.94. The summed E-state index contributed by atoms with van der Waals surface area (Å²) in [5, 5.41) is 0. The van der Waals surface area contributed by atoms with Gasteiger partial charge in [0.1, 0.15) is 5.60 Å². The smallest absolute Gasteiger partial charge is 0.338 e. The van der Waals surface area contributed by atoms with E-state index in [9.17, 15) is 4.79 Å². The minimum absolute atomic E-state index is 0. The van der Waals surface area contributed by atoms with Crippen molar-refractivity contribution in [3.63, 3.8) is 0 Å². The Bertz CT molecular complexity index is 863. The molecule has 0 aliphatic rings. The van der Waals surface area contributed by atoms with Gasteiger partial charge in [0.05, 0.1) is 5.56 Å². The van der Waals surface area contributed by atoms with Crippen molar-refractivity contribution in [2.75, 3.05) is 0 Å². The lowest BCUT2D eigenvalue weighted by molar-refractivity contribution is 0.00696. The van der Waals surface area contributed by atoms with E-state index >= 15 is 0 Å². The SMILES string of the molecule is CC(C)(C)OC(=O)c1ccc(-c2ccccc2-c2ccccc2)cc1.S. The van der Waals surface area contributed by atoms with Crippen LogP contribution in [0, 0.1) is 0 Å². The zero-order chi connectivity index (χ0) is 17.9. The molecule has 0 radical (unpaired) electrons. The minimum Gasteiger partial charge on any atom is -0.456 e. The summed E-state index contributed by atoms with van der Waals surface area (Å²) in [6, 6.07) is 26.2. The molecule has 0 bridgehead atoms. The standard InChI is InChI=1S/C23H22O2.H2S/c1-23(2,3)25-22(24)19-15-13-18(14-16-19)21-12-8-7-11-20(21)17-9-5-4-6-10-17;/h4-16H,1-3H3;1H2. The molecule has 0 amide bonds. The first kappa shape index (κ1) is 19.8. The molecule has 0 aromatic heterocycles. The number of hydrogen-bond donors (Lipinski definition) is 0. The summed E-state index contributed by atoms with van der Waals surface area (Å²) < 4.78 is 5.42. The van der Waals surface area contributed by atoms with Gasteiger partial charge < -0.3 is 4.74 Å². The Kier molecular flexibility index (Phi) is 6.27. The van der Waals surface area contributed by atoms with E-state index in [-0.39, 0.29) is 19.5 Å². The molecule has 2 nitrogen and oxygen atoms in total. The lowest BCUT2D eigenvalue weighted by Crippen LogP contribution is -2.23. The molecule has 0 N–H and O–H groups in total. The van der Waals surface area contributed by atoms with Crippen LogP contribution in [0.15, 0.2) is 78.9 Å². The number of carbonyl (C=O) groups excluding carboxylic acids is 1. The largest absolute Gasteiger partial charge is 0.456 e. The fourth-order valence-electron chi connectivity index (χ4n) is 2.73. The van der Waals surface area contributed by atoms with E-state index in [1.165, 1.54) is 11.1 Å². The van der Waals surface area contributed by atoms with Gasteiger partial charge in [-0.05, 0) is 55.2 Å². The predicted octanol–water partition coefficient (Wildman–Crippen LogP) is 6.09. The van der Waals surface area contributed by atoms with E-state index in [1.54, 1.807) is 0 Å². The van der Waals surface area contributed by atoms with Crippen molar-refractivity contribution in [2.45, 2.75) is 26.4 Å². The maximum Gasteiger partial charge on any atom is 0.338 e. The van der Waals surface area contributed by atoms with E-state index in [1.807, 2.05) is 75.4 Å². The second-order valence-corrected chi connectivity index (χ2v) is 6.99. The Balaban J connectivity index is 0.00000243. The molecule has 0 saturated heterocycles. The summed E-state index contributed by atoms with van der Waals surface area (Å²) in [5.74, 6) is -0.296. The fraction of sp³-hybridized carbons (Fsp3) is 0.174. The fourth-order valence-corrected chi connectivity index (χ4v) is 2.73. The van der Waals surface area contributed by atoms with Gasteiger partial charge in [-0.25, -0.2) is 4.79 Å². The summed E-state index contributed by atoms with van der Waals surface area (Å²) in [5.41, 5.74) is 4.64. The molecule has 3 heteroatoms. The number of carbonyl (C=O) groups is 1. The number of ether oxygens (including phenoxy) is 1. The molecule has 0 aliphatic heterocycles. The maximum absolute atomic E-state index is 12.2. The molecular weight excluding hydrogens is 340 g/mol. The summed E-state index contributed by atoms with van der Waals surface area (Å²) in [6.07, 6.45) is 0. The molecular formula is C23H24O2S. The Hall–Kier alpha value is -2.52. The van der Waals surface area contributed by atoms with Gasteiger partial charge in [-0.1, -0.05) is 66.7 Å². The summed E-state index contributed by atoms with van der Waals surface area (Å²) in [4.78, 5) is 12.2. The third-order valence-electron chi connectivity index (χ3n) is 3.84. The minimum atomic E-state index is -0.490. The predicted molar refractivity (Wildman–Crippen MR) is 113 cm³/mol. The number of rotatable bonds is 3. The van der Waals surface area contributed by atoms with Crippen LogP contribution in [0.3, 0.4) is 0 Å². The van der Waals surface area contributed by atoms with Crippen LogP contribution in [0.25, 0.3) is 22.3 Å². The maximum atomic E-state index is 12.2. The molecule has 3 aromatic carbocycles. The van der Waals surface area contributed by atoms with E-state index in [0.717, 1.165) is 11.1 Å². The van der Waals surface area contributed by atoms with Crippen LogP contribution in [0.2, 0.25) is 0 Å². The Morgan fingerprint density at radius 3 is 1.65 bits per heavy atom. The van der Waals surface area contributed by atoms with Crippen molar-refractivity contribution in [1.82, 2.24) is 0 Å². The first-order valence-corrected chi connectivity index (χ1v) is 8.42. The zero-order valence-corrected chi connectivity index (χ0v) is 16.3. The van der Waals surface area contributed by atoms with Crippen molar-refractivity contribution in [3.8, 4) is 22.3 Å². The third kappa shape index (κ3) is 4.77. The number of esters is 1.